The summed E-state index contributed by atoms with van der Waals surface area (Å²) in [6.07, 6.45) is 8.14. The molecule has 23 heavy (non-hydrogen) atoms. The van der Waals surface area contributed by atoms with Crippen LogP contribution in [0.25, 0.3) is 0 Å². The van der Waals surface area contributed by atoms with Crippen molar-refractivity contribution in [2.24, 2.45) is 5.92 Å². The van der Waals surface area contributed by atoms with Gasteiger partial charge >= 0.3 is 0 Å². The minimum atomic E-state index is -0.797. The van der Waals surface area contributed by atoms with E-state index in [9.17, 15) is 0 Å². The third-order valence-corrected chi connectivity index (χ3v) is 4.68. The average molecular weight is 331 g/mol. The maximum absolute atomic E-state index is 5.93. The highest BCUT2D eigenvalue weighted by Crippen LogP contribution is 2.40. The predicted molar refractivity (Wildman–Crippen MR) is 92.7 cm³/mol. The van der Waals surface area contributed by atoms with Crippen LogP contribution in [-0.2, 0) is 19.6 Å². The van der Waals surface area contributed by atoms with E-state index in [4.69, 9.17) is 19.6 Å². The van der Waals surface area contributed by atoms with Crippen LogP contribution >= 0.6 is 0 Å². The second kappa shape index (κ2) is 8.80. The predicted octanol–water partition coefficient (Wildman–Crippen LogP) is 5.95. The topological polar surface area (TPSA) is 36.9 Å². The molecule has 0 bridgehead atoms. The highest BCUT2D eigenvalue weighted by atomic mass is 17.3. The van der Waals surface area contributed by atoms with E-state index in [1.54, 1.807) is 0 Å². The molecule has 0 aromatic carbocycles. The largest absolute Gasteiger partial charge is 0.236 e. The maximum atomic E-state index is 5.93. The number of hydrogen-bond acceptors (Lipinski definition) is 4. The Balaban J connectivity index is 2.74. The summed E-state index contributed by atoms with van der Waals surface area (Å²) in [6, 6.07) is 0. The van der Waals surface area contributed by atoms with Crippen LogP contribution in [-0.4, -0.2) is 17.0 Å². The lowest BCUT2D eigenvalue weighted by Crippen LogP contribution is -2.48. The summed E-state index contributed by atoms with van der Waals surface area (Å²) in [5, 5.41) is 0. The van der Waals surface area contributed by atoms with Gasteiger partial charge in [0, 0.05) is 12.3 Å². The van der Waals surface area contributed by atoms with Crippen LogP contribution in [0.1, 0.15) is 99.8 Å². The first-order chi connectivity index (χ1) is 10.7. The molecule has 0 aromatic rings. The Hall–Kier alpha value is -0.160. The van der Waals surface area contributed by atoms with Gasteiger partial charge in [0.05, 0.1) is 11.2 Å². The fourth-order valence-electron chi connectivity index (χ4n) is 3.20. The van der Waals surface area contributed by atoms with E-state index in [1.165, 1.54) is 6.42 Å². The van der Waals surface area contributed by atoms with Crippen molar-refractivity contribution in [2.75, 3.05) is 0 Å². The summed E-state index contributed by atoms with van der Waals surface area (Å²) in [7, 11) is 0. The molecule has 1 fully saturated rings. The highest BCUT2D eigenvalue weighted by molar-refractivity contribution is 4.80. The molecule has 0 aromatic heterocycles. The zero-order valence-electron chi connectivity index (χ0n) is 16.4. The molecule has 1 atom stereocenters. The molecule has 1 rings (SSSR count). The third kappa shape index (κ3) is 6.69. The molecule has 0 heterocycles. The Bertz CT molecular complexity index is 316. The molecule has 0 saturated heterocycles. The zero-order valence-corrected chi connectivity index (χ0v) is 16.4. The van der Waals surface area contributed by atoms with Crippen LogP contribution in [0.15, 0.2) is 0 Å². The van der Waals surface area contributed by atoms with Crippen LogP contribution in [0.5, 0.6) is 0 Å². The Morgan fingerprint density at radius 2 is 1.35 bits per heavy atom. The molecule has 0 amide bonds. The van der Waals surface area contributed by atoms with Gasteiger partial charge in [-0.15, -0.1) is 0 Å². The van der Waals surface area contributed by atoms with Crippen LogP contribution < -0.4 is 0 Å². The fraction of sp³-hybridized carbons (Fsp3) is 1.00. The quantitative estimate of drug-likeness (QED) is 0.282. The van der Waals surface area contributed by atoms with Crippen LogP contribution in [0.4, 0.5) is 0 Å². The molecule has 4 nitrogen and oxygen atoms in total. The summed E-state index contributed by atoms with van der Waals surface area (Å²) in [4.78, 5) is 23.5. The maximum Gasteiger partial charge on any atom is 0.236 e. The zero-order chi connectivity index (χ0) is 17.6. The molecular weight excluding hydrogens is 292 g/mol. The van der Waals surface area contributed by atoms with E-state index in [0.29, 0.717) is 0 Å². The molecule has 138 valence electrons. The van der Waals surface area contributed by atoms with E-state index >= 15 is 0 Å². The summed E-state index contributed by atoms with van der Waals surface area (Å²) in [6.45, 7) is 14.7. The van der Waals surface area contributed by atoms with Crippen molar-refractivity contribution < 1.29 is 19.6 Å². The molecule has 1 saturated carbocycles. The van der Waals surface area contributed by atoms with Gasteiger partial charge in [0.25, 0.3) is 0 Å². The lowest BCUT2D eigenvalue weighted by molar-refractivity contribution is -0.557. The second-order valence-electron chi connectivity index (χ2n) is 8.31. The smallest absolute Gasteiger partial charge is 0.228 e. The second-order valence-corrected chi connectivity index (χ2v) is 8.31. The average Bonchev–Trinajstić information content (AvgIpc) is 2.45. The number of rotatable bonds is 10. The first kappa shape index (κ1) is 20.9. The van der Waals surface area contributed by atoms with Gasteiger partial charge in [0.1, 0.15) is 0 Å². The lowest BCUT2D eigenvalue weighted by Gasteiger charge is -2.42. The standard InChI is InChI=1S/C19H38O4/c1-8-13-17(4,5)20-22-19(15-11-10-12-16(19)3)23-21-18(6,7)14-9-2/h16H,8-15H2,1-7H3. The van der Waals surface area contributed by atoms with Crippen molar-refractivity contribution >= 4 is 0 Å². The van der Waals surface area contributed by atoms with E-state index < -0.39 is 5.79 Å². The van der Waals surface area contributed by atoms with E-state index in [-0.39, 0.29) is 17.1 Å². The van der Waals surface area contributed by atoms with Crippen molar-refractivity contribution in [2.45, 2.75) is 117 Å². The summed E-state index contributed by atoms with van der Waals surface area (Å²) >= 11 is 0. The van der Waals surface area contributed by atoms with E-state index in [2.05, 4.69) is 48.5 Å². The number of hydrogen-bond donors (Lipinski definition) is 0. The Morgan fingerprint density at radius 3 is 1.74 bits per heavy atom. The van der Waals surface area contributed by atoms with Gasteiger partial charge in [-0.1, -0.05) is 40.0 Å². The third-order valence-electron chi connectivity index (χ3n) is 4.68. The molecule has 4 heteroatoms. The molecule has 0 spiro atoms. The molecular formula is C19H38O4. The minimum Gasteiger partial charge on any atom is -0.228 e. The molecule has 0 radical (unpaired) electrons. The minimum absolute atomic E-state index is 0.242. The van der Waals surface area contributed by atoms with Gasteiger partial charge < -0.3 is 0 Å². The summed E-state index contributed by atoms with van der Waals surface area (Å²) in [5.41, 5.74) is -0.636. The van der Waals surface area contributed by atoms with Crippen LogP contribution in [0.2, 0.25) is 0 Å². The Kier molecular flexibility index (Phi) is 7.99. The van der Waals surface area contributed by atoms with Gasteiger partial charge in [-0.05, 0) is 53.4 Å². The van der Waals surface area contributed by atoms with E-state index in [1.807, 2.05) is 0 Å². The van der Waals surface area contributed by atoms with Gasteiger partial charge in [-0.25, -0.2) is 9.78 Å². The first-order valence-corrected chi connectivity index (χ1v) is 9.40. The molecule has 0 N–H and O–H groups in total. The monoisotopic (exact) mass is 330 g/mol. The van der Waals surface area contributed by atoms with Crippen molar-refractivity contribution in [1.29, 1.82) is 0 Å². The molecule has 1 unspecified atom stereocenters. The summed E-state index contributed by atoms with van der Waals surface area (Å²) < 4.78 is 0. The van der Waals surface area contributed by atoms with Gasteiger partial charge in [0.2, 0.25) is 5.79 Å². The molecule has 0 aliphatic heterocycles. The molecule has 1 aliphatic rings. The summed E-state index contributed by atoms with van der Waals surface area (Å²) in [5.74, 6) is -0.556. The van der Waals surface area contributed by atoms with Gasteiger partial charge in [-0.2, -0.15) is 9.78 Å². The van der Waals surface area contributed by atoms with Crippen molar-refractivity contribution in [3.8, 4) is 0 Å². The van der Waals surface area contributed by atoms with Crippen molar-refractivity contribution in [3.05, 3.63) is 0 Å². The van der Waals surface area contributed by atoms with Crippen LogP contribution in [0, 0.1) is 5.92 Å². The Morgan fingerprint density at radius 1 is 0.870 bits per heavy atom. The first-order valence-electron chi connectivity index (χ1n) is 9.40. The SMILES string of the molecule is CCCC(C)(C)OOC1(OOC(C)(C)CCC)CCCCC1C. The lowest BCUT2D eigenvalue weighted by atomic mass is 9.85. The fourth-order valence-corrected chi connectivity index (χ4v) is 3.20. The normalized spacial score (nSPS) is 22.3. The van der Waals surface area contributed by atoms with Gasteiger partial charge in [-0.3, -0.25) is 0 Å². The highest BCUT2D eigenvalue weighted by Gasteiger charge is 2.46. The van der Waals surface area contributed by atoms with Crippen LogP contribution in [0.3, 0.4) is 0 Å². The van der Waals surface area contributed by atoms with Crippen molar-refractivity contribution in [3.63, 3.8) is 0 Å². The Labute approximate surface area is 143 Å². The van der Waals surface area contributed by atoms with E-state index in [0.717, 1.165) is 44.9 Å². The van der Waals surface area contributed by atoms with Gasteiger partial charge in [0.15, 0.2) is 0 Å². The van der Waals surface area contributed by atoms with Crippen molar-refractivity contribution in [1.82, 2.24) is 0 Å². The molecule has 1 aliphatic carbocycles.